The lowest BCUT2D eigenvalue weighted by molar-refractivity contribution is 0.271. The van der Waals surface area contributed by atoms with Gasteiger partial charge in [-0.2, -0.15) is 0 Å². The number of pyridine rings is 1. The van der Waals surface area contributed by atoms with Gasteiger partial charge >= 0.3 is 0 Å². The number of aromatic nitrogens is 1. The van der Waals surface area contributed by atoms with E-state index in [1.165, 1.54) is 38.5 Å². The van der Waals surface area contributed by atoms with Crippen LogP contribution in [0.1, 0.15) is 58.8 Å². The summed E-state index contributed by atoms with van der Waals surface area (Å²) in [4.78, 5) is 9.31. The molecule has 120 valence electrons. The van der Waals surface area contributed by atoms with Gasteiger partial charge in [-0.15, -0.1) is 0 Å². The minimum atomic E-state index is 0.426. The van der Waals surface area contributed by atoms with Crippen molar-refractivity contribution >= 4 is 5.82 Å². The highest BCUT2D eigenvalue weighted by Gasteiger charge is 2.19. The van der Waals surface area contributed by atoms with Crippen LogP contribution in [0.5, 0.6) is 0 Å². The van der Waals surface area contributed by atoms with Crippen molar-refractivity contribution in [1.29, 1.82) is 0 Å². The van der Waals surface area contributed by atoms with Crippen LogP contribution in [0.4, 0.5) is 5.82 Å². The zero-order chi connectivity index (χ0) is 15.5. The lowest BCUT2D eigenvalue weighted by Crippen LogP contribution is -2.45. The van der Waals surface area contributed by atoms with Crippen molar-refractivity contribution in [3.63, 3.8) is 0 Å². The van der Waals surface area contributed by atoms with Gasteiger partial charge in [-0.25, -0.2) is 4.98 Å². The molecule has 0 N–H and O–H groups in total. The molecule has 0 aliphatic rings. The van der Waals surface area contributed by atoms with Gasteiger partial charge in [0, 0.05) is 12.7 Å². The zero-order valence-corrected chi connectivity index (χ0v) is 14.4. The summed E-state index contributed by atoms with van der Waals surface area (Å²) in [6.07, 6.45) is 11.4. The number of hydrogen-bond donors (Lipinski definition) is 0. The van der Waals surface area contributed by atoms with Crippen molar-refractivity contribution in [2.24, 2.45) is 0 Å². The van der Waals surface area contributed by atoms with E-state index in [0.29, 0.717) is 6.17 Å². The molecule has 21 heavy (non-hydrogen) atoms. The Hall–Kier alpha value is -1.09. The number of nitrogens with zero attached hydrogens (tertiary/aromatic N) is 3. The van der Waals surface area contributed by atoms with E-state index in [-0.39, 0.29) is 0 Å². The average molecular weight is 291 g/mol. The Morgan fingerprint density at radius 1 is 1.00 bits per heavy atom. The Labute approximate surface area is 131 Å². The maximum atomic E-state index is 4.56. The summed E-state index contributed by atoms with van der Waals surface area (Å²) in [7, 11) is 4.32. The second-order valence-corrected chi connectivity index (χ2v) is 6.00. The Morgan fingerprint density at radius 3 is 2.29 bits per heavy atom. The minimum Gasteiger partial charge on any atom is -0.341 e. The van der Waals surface area contributed by atoms with Gasteiger partial charge < -0.3 is 4.90 Å². The van der Waals surface area contributed by atoms with Crippen molar-refractivity contribution < 1.29 is 0 Å². The summed E-state index contributed by atoms with van der Waals surface area (Å²) < 4.78 is 0. The molecule has 0 saturated heterocycles. The first-order valence-electron chi connectivity index (χ1n) is 8.54. The molecule has 0 aliphatic heterocycles. The van der Waals surface area contributed by atoms with Gasteiger partial charge in [-0.1, -0.05) is 52.0 Å². The maximum absolute atomic E-state index is 4.56. The molecule has 0 bridgehead atoms. The first-order valence-corrected chi connectivity index (χ1v) is 8.54. The molecule has 1 atom stereocenters. The van der Waals surface area contributed by atoms with E-state index in [9.17, 15) is 0 Å². The molecule has 1 rings (SSSR count). The molecule has 0 spiro atoms. The molecule has 0 amide bonds. The van der Waals surface area contributed by atoms with Crippen LogP contribution in [-0.4, -0.2) is 36.7 Å². The third kappa shape index (κ3) is 6.47. The van der Waals surface area contributed by atoms with Crippen molar-refractivity contribution in [2.75, 3.05) is 25.5 Å². The average Bonchev–Trinajstić information content (AvgIpc) is 2.50. The van der Waals surface area contributed by atoms with Crippen molar-refractivity contribution in [1.82, 2.24) is 9.88 Å². The number of unbranched alkanes of at least 4 members (excludes halogenated alkanes) is 5. The lowest BCUT2D eigenvalue weighted by atomic mass is 10.1. The van der Waals surface area contributed by atoms with Crippen LogP contribution >= 0.6 is 0 Å². The van der Waals surface area contributed by atoms with Gasteiger partial charge in [-0.05, 0) is 39.1 Å². The molecule has 0 saturated carbocycles. The van der Waals surface area contributed by atoms with Crippen LogP contribution in [-0.2, 0) is 0 Å². The summed E-state index contributed by atoms with van der Waals surface area (Å²) in [5.41, 5.74) is 0. The van der Waals surface area contributed by atoms with Crippen LogP contribution in [0.15, 0.2) is 24.4 Å². The van der Waals surface area contributed by atoms with E-state index in [4.69, 9.17) is 0 Å². The largest absolute Gasteiger partial charge is 0.341 e. The third-order valence-corrected chi connectivity index (χ3v) is 4.02. The zero-order valence-electron chi connectivity index (χ0n) is 14.4. The van der Waals surface area contributed by atoms with Gasteiger partial charge in [0.15, 0.2) is 0 Å². The minimum absolute atomic E-state index is 0.426. The van der Waals surface area contributed by atoms with Gasteiger partial charge in [0.05, 0.1) is 6.17 Å². The smallest absolute Gasteiger partial charge is 0.129 e. The van der Waals surface area contributed by atoms with E-state index in [1.807, 2.05) is 12.3 Å². The van der Waals surface area contributed by atoms with E-state index in [2.05, 4.69) is 54.9 Å². The first-order chi connectivity index (χ1) is 10.2. The molecular weight excluding hydrogens is 258 g/mol. The Balaban J connectivity index is 2.57. The second-order valence-electron chi connectivity index (χ2n) is 6.00. The van der Waals surface area contributed by atoms with Crippen LogP contribution < -0.4 is 4.90 Å². The predicted molar refractivity (Wildman–Crippen MR) is 92.7 cm³/mol. The highest BCUT2D eigenvalue weighted by molar-refractivity contribution is 5.38. The fraction of sp³-hybridized carbons (Fsp3) is 0.722. The Kier molecular flexibility index (Phi) is 9.07. The molecule has 1 heterocycles. The maximum Gasteiger partial charge on any atom is 0.129 e. The summed E-state index contributed by atoms with van der Waals surface area (Å²) >= 11 is 0. The molecular formula is C18H33N3. The molecule has 1 aromatic heterocycles. The second kappa shape index (κ2) is 10.6. The highest BCUT2D eigenvalue weighted by Crippen LogP contribution is 2.18. The predicted octanol–water partition coefficient (Wildman–Crippen LogP) is 4.55. The number of hydrogen-bond acceptors (Lipinski definition) is 3. The van der Waals surface area contributed by atoms with Crippen molar-refractivity contribution in [2.45, 2.75) is 65.0 Å². The van der Waals surface area contributed by atoms with Gasteiger partial charge in [0.2, 0.25) is 0 Å². The molecule has 3 heteroatoms. The van der Waals surface area contributed by atoms with E-state index in [1.54, 1.807) is 0 Å². The SMILES string of the molecule is CCCCCCCCN(c1ccccn1)C(CC)N(C)C. The molecule has 0 aromatic carbocycles. The number of rotatable bonds is 11. The summed E-state index contributed by atoms with van der Waals surface area (Å²) in [5, 5.41) is 0. The van der Waals surface area contributed by atoms with E-state index >= 15 is 0 Å². The van der Waals surface area contributed by atoms with Crippen molar-refractivity contribution in [3.05, 3.63) is 24.4 Å². The van der Waals surface area contributed by atoms with Gasteiger partial charge in [0.25, 0.3) is 0 Å². The normalized spacial score (nSPS) is 12.6. The first kappa shape index (κ1) is 18.0. The molecule has 1 unspecified atom stereocenters. The standard InChI is InChI=1S/C18H33N3/c1-5-7-8-9-10-13-16-21(18(6-2)20(3)4)17-14-11-12-15-19-17/h11-12,14-15,18H,5-10,13,16H2,1-4H3. The van der Waals surface area contributed by atoms with Crippen molar-refractivity contribution in [3.8, 4) is 0 Å². The fourth-order valence-corrected chi connectivity index (χ4v) is 2.87. The Bertz CT molecular complexity index is 351. The Morgan fingerprint density at radius 2 is 1.71 bits per heavy atom. The number of anilines is 1. The summed E-state index contributed by atoms with van der Waals surface area (Å²) in [5.74, 6) is 1.10. The summed E-state index contributed by atoms with van der Waals surface area (Å²) in [6.45, 7) is 5.62. The van der Waals surface area contributed by atoms with Gasteiger partial charge in [-0.3, -0.25) is 4.90 Å². The van der Waals surface area contributed by atoms with Crippen LogP contribution in [0, 0.1) is 0 Å². The monoisotopic (exact) mass is 291 g/mol. The van der Waals surface area contributed by atoms with Gasteiger partial charge in [0.1, 0.15) is 5.82 Å². The third-order valence-electron chi connectivity index (χ3n) is 4.02. The quantitative estimate of drug-likeness (QED) is 0.440. The molecule has 1 aromatic rings. The van der Waals surface area contributed by atoms with Crippen LogP contribution in [0.3, 0.4) is 0 Å². The fourth-order valence-electron chi connectivity index (χ4n) is 2.87. The van der Waals surface area contributed by atoms with Crippen LogP contribution in [0.2, 0.25) is 0 Å². The molecule has 3 nitrogen and oxygen atoms in total. The van der Waals surface area contributed by atoms with E-state index < -0.39 is 0 Å². The molecule has 0 aliphatic carbocycles. The van der Waals surface area contributed by atoms with Crippen LogP contribution in [0.25, 0.3) is 0 Å². The molecule has 0 radical (unpaired) electrons. The van der Waals surface area contributed by atoms with E-state index in [0.717, 1.165) is 18.8 Å². The highest BCUT2D eigenvalue weighted by atomic mass is 15.3. The topological polar surface area (TPSA) is 19.4 Å². The molecule has 0 fully saturated rings. The summed E-state index contributed by atoms with van der Waals surface area (Å²) in [6, 6.07) is 6.20. The lowest BCUT2D eigenvalue weighted by Gasteiger charge is -2.36.